The van der Waals surface area contributed by atoms with Crippen molar-refractivity contribution in [1.82, 2.24) is 0 Å². The maximum Gasteiger partial charge on any atom is 0.00382 e. The van der Waals surface area contributed by atoms with E-state index in [0.717, 1.165) is 11.5 Å². The van der Waals surface area contributed by atoms with Crippen LogP contribution in [-0.2, 0) is 0 Å². The topological polar surface area (TPSA) is 0 Å². The summed E-state index contributed by atoms with van der Waals surface area (Å²) in [6, 6.07) is 0. The van der Waals surface area contributed by atoms with Gasteiger partial charge in [-0.15, -0.1) is 0 Å². The Bertz CT molecular complexity index is 55.8. The van der Waals surface area contributed by atoms with Crippen molar-refractivity contribution in [3.63, 3.8) is 0 Å². The van der Waals surface area contributed by atoms with Gasteiger partial charge in [-0.05, 0) is 6.42 Å². The van der Waals surface area contributed by atoms with Gasteiger partial charge in [0.1, 0.15) is 0 Å². The fourth-order valence-electron chi connectivity index (χ4n) is 0.363. The van der Waals surface area contributed by atoms with Gasteiger partial charge in [0.2, 0.25) is 0 Å². The summed E-state index contributed by atoms with van der Waals surface area (Å²) < 4.78 is 0. The minimum atomic E-state index is -1.04. The minimum absolute atomic E-state index is 1.04. The first-order chi connectivity index (χ1) is 2.71. The van der Waals surface area contributed by atoms with Crippen LogP contribution in [0.3, 0.4) is 0 Å². The zero-order chi connectivity index (χ0) is 4.62. The van der Waals surface area contributed by atoms with Crippen LogP contribution in [0.2, 0.25) is 0 Å². The van der Waals surface area contributed by atoms with Crippen LogP contribution in [0.15, 0.2) is 0 Å². The van der Waals surface area contributed by atoms with Crippen LogP contribution >= 0.6 is 29.8 Å². The molecular weight excluding hydrogens is 139 g/mol. The van der Waals surface area contributed by atoms with Crippen LogP contribution in [0.4, 0.5) is 0 Å². The summed E-state index contributed by atoms with van der Waals surface area (Å²) >= 11 is 0. The first kappa shape index (κ1) is 5.07. The zero-order valence-electron chi connectivity index (χ0n) is 3.29. The van der Waals surface area contributed by atoms with Crippen molar-refractivity contribution in [2.24, 2.45) is 0 Å². The van der Waals surface area contributed by atoms with E-state index in [0.29, 0.717) is 0 Å². The second-order valence-corrected chi connectivity index (χ2v) is 7.69. The van der Waals surface area contributed by atoms with Crippen LogP contribution in [0.25, 0.3) is 0 Å². The third-order valence-electron chi connectivity index (χ3n) is 0.886. The molecule has 1 aliphatic rings. The molecule has 38 valence electrons. The molecule has 1 fully saturated rings. The van der Waals surface area contributed by atoms with Crippen molar-refractivity contribution in [3.8, 4) is 0 Å². The smallest absolute Gasteiger partial charge is 0.00382 e. The highest BCUT2D eigenvalue weighted by Gasteiger charge is 2.25. The van der Waals surface area contributed by atoms with Gasteiger partial charge in [-0.2, -0.15) is 0 Å². The third kappa shape index (κ3) is 0.955. The highest BCUT2D eigenvalue weighted by molar-refractivity contribution is 8.66. The molecule has 1 heterocycles. The van der Waals surface area contributed by atoms with Crippen molar-refractivity contribution in [2.45, 2.75) is 6.42 Å². The predicted octanol–water partition coefficient (Wildman–Crippen LogP) is 2.50. The molecule has 0 unspecified atom stereocenters. The average Bonchev–Trinajstić information content (AvgIpc) is 1.32. The summed E-state index contributed by atoms with van der Waals surface area (Å²) in [4.78, 5) is 0. The molecule has 1 rings (SSSR count). The number of rotatable bonds is 0. The molecule has 0 aromatic heterocycles. The molecule has 6 heavy (non-hydrogen) atoms. The summed E-state index contributed by atoms with van der Waals surface area (Å²) in [5, 5.41) is 0. The van der Waals surface area contributed by atoms with Crippen LogP contribution in [-0.4, -0.2) is 11.5 Å². The summed E-state index contributed by atoms with van der Waals surface area (Å²) in [6.07, 6.45) is 1.24. The SMILES string of the molecule is ClS1(Cl)CCC1. The van der Waals surface area contributed by atoms with E-state index < -0.39 is 8.46 Å². The molecule has 1 saturated heterocycles. The lowest BCUT2D eigenvalue weighted by atomic mass is 10.5. The molecule has 0 atom stereocenters. The van der Waals surface area contributed by atoms with Crippen LogP contribution < -0.4 is 0 Å². The van der Waals surface area contributed by atoms with Gasteiger partial charge in [0.25, 0.3) is 0 Å². The molecule has 0 saturated carbocycles. The predicted molar refractivity (Wildman–Crippen MR) is 33.6 cm³/mol. The van der Waals surface area contributed by atoms with Gasteiger partial charge in [0.15, 0.2) is 0 Å². The number of halogens is 2. The fourth-order valence-corrected chi connectivity index (χ4v) is 2.40. The molecule has 0 amide bonds. The van der Waals surface area contributed by atoms with Gasteiger partial charge in [0, 0.05) is 11.5 Å². The molecule has 3 heteroatoms. The number of hydrogen-bond donors (Lipinski definition) is 0. The molecule has 0 spiro atoms. The second-order valence-electron chi connectivity index (χ2n) is 1.46. The quantitative estimate of drug-likeness (QED) is 0.491. The maximum atomic E-state index is 5.65. The molecule has 0 aromatic rings. The maximum absolute atomic E-state index is 5.65. The van der Waals surface area contributed by atoms with E-state index >= 15 is 0 Å². The zero-order valence-corrected chi connectivity index (χ0v) is 5.61. The molecule has 1 aliphatic heterocycles. The molecule has 0 bridgehead atoms. The van der Waals surface area contributed by atoms with Crippen molar-refractivity contribution in [2.75, 3.05) is 11.5 Å². The van der Waals surface area contributed by atoms with E-state index in [-0.39, 0.29) is 0 Å². The van der Waals surface area contributed by atoms with Crippen molar-refractivity contribution >= 4 is 29.8 Å². The Morgan fingerprint density at radius 1 is 1.17 bits per heavy atom. The molecular formula is C3H6Cl2S. The lowest BCUT2D eigenvalue weighted by molar-refractivity contribution is 1.05. The van der Waals surface area contributed by atoms with Gasteiger partial charge in [-0.25, -0.2) is 0 Å². The van der Waals surface area contributed by atoms with Crippen molar-refractivity contribution in [1.29, 1.82) is 0 Å². The van der Waals surface area contributed by atoms with Gasteiger partial charge < -0.3 is 0 Å². The van der Waals surface area contributed by atoms with Crippen molar-refractivity contribution in [3.05, 3.63) is 0 Å². The van der Waals surface area contributed by atoms with Gasteiger partial charge >= 0.3 is 0 Å². The summed E-state index contributed by atoms with van der Waals surface area (Å²) in [6.45, 7) is 0. The molecule has 0 aliphatic carbocycles. The number of hydrogen-bond acceptors (Lipinski definition) is 0. The highest BCUT2D eigenvalue weighted by atomic mass is 36.0. The Kier molecular flexibility index (Phi) is 1.24. The van der Waals surface area contributed by atoms with Crippen molar-refractivity contribution < 1.29 is 0 Å². The minimum Gasteiger partial charge on any atom is -0.0843 e. The van der Waals surface area contributed by atoms with E-state index in [9.17, 15) is 0 Å². The average molecular weight is 145 g/mol. The Morgan fingerprint density at radius 3 is 1.50 bits per heavy atom. The van der Waals surface area contributed by atoms with Gasteiger partial charge in [0.05, 0.1) is 0 Å². The fraction of sp³-hybridized carbons (Fsp3) is 1.00. The molecule has 0 nitrogen and oxygen atoms in total. The van der Waals surface area contributed by atoms with Gasteiger partial charge in [-0.3, -0.25) is 0 Å². The Morgan fingerprint density at radius 2 is 1.50 bits per heavy atom. The molecule has 0 radical (unpaired) electrons. The van der Waals surface area contributed by atoms with E-state index in [4.69, 9.17) is 21.4 Å². The van der Waals surface area contributed by atoms with E-state index in [1.54, 1.807) is 0 Å². The standard InChI is InChI=1S/C3H6Cl2S/c4-6(5)2-1-3-6/h1-3H2. The highest BCUT2D eigenvalue weighted by Crippen LogP contribution is 2.65. The monoisotopic (exact) mass is 144 g/mol. The lowest BCUT2D eigenvalue weighted by Gasteiger charge is -2.33. The lowest BCUT2D eigenvalue weighted by Crippen LogP contribution is -2.09. The molecule has 0 N–H and O–H groups in total. The van der Waals surface area contributed by atoms with E-state index in [2.05, 4.69) is 0 Å². The Balaban J connectivity index is 2.31. The van der Waals surface area contributed by atoms with Crippen LogP contribution in [0.5, 0.6) is 0 Å². The third-order valence-corrected chi connectivity index (χ3v) is 4.51. The summed E-state index contributed by atoms with van der Waals surface area (Å²) in [7, 11) is 10.3. The Labute approximate surface area is 48.1 Å². The van der Waals surface area contributed by atoms with E-state index in [1.165, 1.54) is 6.42 Å². The first-order valence-electron chi connectivity index (χ1n) is 1.89. The largest absolute Gasteiger partial charge is 0.0843 e. The summed E-state index contributed by atoms with van der Waals surface area (Å²) in [5.41, 5.74) is 0. The second kappa shape index (κ2) is 1.46. The molecule has 0 aromatic carbocycles. The van der Waals surface area contributed by atoms with Gasteiger partial charge in [-0.1, -0.05) is 29.8 Å². The Hall–Kier alpha value is 0.930. The normalized spacial score (nSPS) is 34.3. The van der Waals surface area contributed by atoms with Crippen LogP contribution in [0, 0.1) is 0 Å². The summed E-state index contributed by atoms with van der Waals surface area (Å²) in [5.74, 6) is 2.13. The first-order valence-corrected chi connectivity index (χ1v) is 5.51. The van der Waals surface area contributed by atoms with Crippen LogP contribution in [0.1, 0.15) is 6.42 Å². The van der Waals surface area contributed by atoms with E-state index in [1.807, 2.05) is 0 Å².